The summed E-state index contributed by atoms with van der Waals surface area (Å²) in [7, 11) is 0. The molecule has 16 heavy (non-hydrogen) atoms. The van der Waals surface area contributed by atoms with E-state index in [2.05, 4.69) is 12.1 Å². The molecule has 7 heteroatoms. The molecule has 0 aromatic carbocycles. The number of nitrogens with one attached hydrogen (secondary N) is 1. The molecular formula is C9H17NO6. The zero-order valence-electron chi connectivity index (χ0n) is 8.69. The molecular weight excluding hydrogens is 218 g/mol. The molecule has 0 unspecified atom stereocenters. The van der Waals surface area contributed by atoms with Crippen LogP contribution in [-0.2, 0) is 9.63 Å². The summed E-state index contributed by atoms with van der Waals surface area (Å²) in [5.74, 6) is 0. The average molecular weight is 235 g/mol. The zero-order chi connectivity index (χ0) is 12.6. The van der Waals surface area contributed by atoms with Crippen LogP contribution >= 0.6 is 0 Å². The number of carbonyl (C=O) groups is 1. The lowest BCUT2D eigenvalue weighted by atomic mass is 10.0. The summed E-state index contributed by atoms with van der Waals surface area (Å²) in [4.78, 5) is 15.3. The normalized spacial score (nSPS) is 18.5. The smallest absolute Gasteiger partial charge is 0.162 e. The highest BCUT2D eigenvalue weighted by Crippen LogP contribution is 2.05. The van der Waals surface area contributed by atoms with Crippen LogP contribution in [0.5, 0.6) is 0 Å². The van der Waals surface area contributed by atoms with Crippen molar-refractivity contribution in [2.24, 2.45) is 0 Å². The zero-order valence-corrected chi connectivity index (χ0v) is 8.69. The van der Waals surface area contributed by atoms with Crippen molar-refractivity contribution in [3.05, 3.63) is 12.7 Å². The van der Waals surface area contributed by atoms with Crippen LogP contribution in [0.25, 0.3) is 0 Å². The molecule has 0 aromatic heterocycles. The third-order valence-electron chi connectivity index (χ3n) is 1.85. The highest BCUT2D eigenvalue weighted by Gasteiger charge is 2.31. The Morgan fingerprint density at radius 1 is 1.31 bits per heavy atom. The lowest BCUT2D eigenvalue weighted by Gasteiger charge is -2.25. The third kappa shape index (κ3) is 4.79. The number of hydrogen-bond acceptors (Lipinski definition) is 7. The van der Waals surface area contributed by atoms with E-state index in [1.807, 2.05) is 0 Å². The third-order valence-corrected chi connectivity index (χ3v) is 1.85. The van der Waals surface area contributed by atoms with Gasteiger partial charge < -0.3 is 25.2 Å². The maximum Gasteiger partial charge on any atom is 0.162 e. The lowest BCUT2D eigenvalue weighted by Crippen LogP contribution is -2.48. The van der Waals surface area contributed by atoms with Gasteiger partial charge in [-0.05, 0) is 0 Å². The summed E-state index contributed by atoms with van der Waals surface area (Å²) in [6, 6.07) is 0. The highest BCUT2D eigenvalue weighted by atomic mass is 16.7. The second kappa shape index (κ2) is 8.34. The average Bonchev–Trinajstić information content (AvgIpc) is 2.32. The van der Waals surface area contributed by atoms with E-state index in [9.17, 15) is 15.0 Å². The minimum Gasteiger partial charge on any atom is -0.394 e. The molecule has 0 fully saturated rings. The molecule has 0 aliphatic heterocycles. The number of aliphatic hydroxyl groups excluding tert-OH is 4. The van der Waals surface area contributed by atoms with Crippen molar-refractivity contribution in [2.75, 3.05) is 13.2 Å². The summed E-state index contributed by atoms with van der Waals surface area (Å²) < 4.78 is 0. The molecule has 0 rings (SSSR count). The Morgan fingerprint density at radius 3 is 2.38 bits per heavy atom. The summed E-state index contributed by atoms with van der Waals surface area (Å²) in [5, 5.41) is 36.3. The lowest BCUT2D eigenvalue weighted by molar-refractivity contribution is -0.157. The quantitative estimate of drug-likeness (QED) is 0.128. The Kier molecular flexibility index (Phi) is 7.90. The molecule has 0 aliphatic carbocycles. The van der Waals surface area contributed by atoms with Gasteiger partial charge in [-0.25, -0.2) is 0 Å². The first-order valence-corrected chi connectivity index (χ1v) is 4.68. The summed E-state index contributed by atoms with van der Waals surface area (Å²) in [5.41, 5.74) is 2.31. The van der Waals surface area contributed by atoms with Gasteiger partial charge in [0.05, 0.1) is 6.61 Å². The van der Waals surface area contributed by atoms with Crippen molar-refractivity contribution >= 4 is 6.29 Å². The van der Waals surface area contributed by atoms with Crippen LogP contribution in [-0.4, -0.2) is 64.3 Å². The maximum atomic E-state index is 10.5. The van der Waals surface area contributed by atoms with Crippen molar-refractivity contribution in [1.29, 1.82) is 0 Å². The van der Waals surface area contributed by atoms with Gasteiger partial charge in [0.1, 0.15) is 18.3 Å². The van der Waals surface area contributed by atoms with Gasteiger partial charge in [-0.3, -0.25) is 4.84 Å². The fraction of sp³-hybridized carbons (Fsp3) is 0.667. The standard InChI is InChI=1S/C9H17NO6/c1-2-3-10-16-7(5-12)9(15)8(14)6(13)4-11/h2,5-11,13-15H,1,3-4H2/t6-,7+,8-,9-/m1/s1. The molecule has 0 radical (unpaired) electrons. The van der Waals surface area contributed by atoms with Gasteiger partial charge in [0.25, 0.3) is 0 Å². The number of aldehydes is 1. The Hall–Kier alpha value is -0.830. The molecule has 0 saturated heterocycles. The van der Waals surface area contributed by atoms with Crippen molar-refractivity contribution in [1.82, 2.24) is 5.48 Å². The number of aliphatic hydroxyl groups is 4. The molecule has 0 amide bonds. The molecule has 4 atom stereocenters. The Balaban J connectivity index is 4.22. The van der Waals surface area contributed by atoms with Gasteiger partial charge in [0.15, 0.2) is 12.4 Å². The minimum absolute atomic E-state index is 0.246. The topological polar surface area (TPSA) is 119 Å². The van der Waals surface area contributed by atoms with Crippen molar-refractivity contribution in [3.63, 3.8) is 0 Å². The first-order chi connectivity index (χ1) is 7.58. The molecule has 94 valence electrons. The fourth-order valence-corrected chi connectivity index (χ4v) is 0.911. The predicted octanol–water partition coefficient (Wildman–Crippen LogP) is -2.66. The van der Waals surface area contributed by atoms with Gasteiger partial charge in [-0.15, -0.1) is 6.58 Å². The number of hydrogen-bond donors (Lipinski definition) is 5. The van der Waals surface area contributed by atoms with Crippen molar-refractivity contribution in [2.45, 2.75) is 24.4 Å². The molecule has 5 N–H and O–H groups in total. The van der Waals surface area contributed by atoms with E-state index < -0.39 is 31.0 Å². The van der Waals surface area contributed by atoms with Crippen LogP contribution in [0.15, 0.2) is 12.7 Å². The van der Waals surface area contributed by atoms with E-state index in [1.165, 1.54) is 6.08 Å². The second-order valence-electron chi connectivity index (χ2n) is 3.09. The van der Waals surface area contributed by atoms with Crippen molar-refractivity contribution < 1.29 is 30.1 Å². The largest absolute Gasteiger partial charge is 0.394 e. The van der Waals surface area contributed by atoms with Crippen LogP contribution in [0.3, 0.4) is 0 Å². The monoisotopic (exact) mass is 235 g/mol. The first-order valence-electron chi connectivity index (χ1n) is 4.68. The van der Waals surface area contributed by atoms with E-state index in [-0.39, 0.29) is 12.8 Å². The second-order valence-corrected chi connectivity index (χ2v) is 3.09. The predicted molar refractivity (Wildman–Crippen MR) is 54.2 cm³/mol. The molecule has 0 spiro atoms. The molecule has 0 aromatic rings. The van der Waals surface area contributed by atoms with E-state index in [0.717, 1.165) is 0 Å². The van der Waals surface area contributed by atoms with E-state index in [0.29, 0.717) is 0 Å². The van der Waals surface area contributed by atoms with Crippen molar-refractivity contribution in [3.8, 4) is 0 Å². The Labute approximate surface area is 92.9 Å². The van der Waals surface area contributed by atoms with Gasteiger partial charge in [0, 0.05) is 6.54 Å². The Morgan fingerprint density at radius 2 is 1.94 bits per heavy atom. The van der Waals surface area contributed by atoms with Gasteiger partial charge in [0.2, 0.25) is 0 Å². The Bertz CT molecular complexity index is 212. The van der Waals surface area contributed by atoms with Gasteiger partial charge >= 0.3 is 0 Å². The number of hydroxylamine groups is 1. The molecule has 0 saturated carbocycles. The maximum absolute atomic E-state index is 10.5. The summed E-state index contributed by atoms with van der Waals surface area (Å²) >= 11 is 0. The first kappa shape index (κ1) is 15.2. The van der Waals surface area contributed by atoms with E-state index >= 15 is 0 Å². The number of rotatable bonds is 9. The van der Waals surface area contributed by atoms with E-state index in [1.54, 1.807) is 0 Å². The molecule has 7 nitrogen and oxygen atoms in total. The highest BCUT2D eigenvalue weighted by molar-refractivity contribution is 5.57. The van der Waals surface area contributed by atoms with Crippen LogP contribution in [0, 0.1) is 0 Å². The van der Waals surface area contributed by atoms with E-state index in [4.69, 9.17) is 15.1 Å². The SMILES string of the molecule is C=CCNO[C@@H](C=O)[C@@H](O)[C@H](O)[C@H](O)CO. The fourth-order valence-electron chi connectivity index (χ4n) is 0.911. The summed E-state index contributed by atoms with van der Waals surface area (Å²) in [6.07, 6.45) is -4.47. The molecule has 0 bridgehead atoms. The summed E-state index contributed by atoms with van der Waals surface area (Å²) in [6.45, 7) is 2.90. The number of carbonyl (C=O) groups excluding carboxylic acids is 1. The van der Waals surface area contributed by atoms with Gasteiger partial charge in [-0.2, -0.15) is 5.48 Å². The van der Waals surface area contributed by atoms with Crippen LogP contribution < -0.4 is 5.48 Å². The van der Waals surface area contributed by atoms with Crippen LogP contribution in [0.1, 0.15) is 0 Å². The molecule has 0 aliphatic rings. The van der Waals surface area contributed by atoms with Crippen LogP contribution in [0.2, 0.25) is 0 Å². The minimum atomic E-state index is -1.68. The van der Waals surface area contributed by atoms with Crippen LogP contribution in [0.4, 0.5) is 0 Å². The van der Waals surface area contributed by atoms with Gasteiger partial charge in [-0.1, -0.05) is 6.08 Å². The molecule has 0 heterocycles.